The molecule has 2 aliphatic heterocycles. The first-order valence-electron chi connectivity index (χ1n) is 9.58. The smallest absolute Gasteiger partial charge is 0.183 e. The molecule has 4 heterocycles. The van der Waals surface area contributed by atoms with Crippen LogP contribution < -0.4 is 0 Å². The minimum Gasteiger partial charge on any atom is -0.297 e. The van der Waals surface area contributed by atoms with Crippen LogP contribution in [-0.4, -0.2) is 46.4 Å². The van der Waals surface area contributed by atoms with Crippen LogP contribution in [0.4, 0.5) is 0 Å². The summed E-state index contributed by atoms with van der Waals surface area (Å²) in [4.78, 5) is 6.93. The Kier molecular flexibility index (Phi) is 4.10. The Morgan fingerprint density at radius 3 is 2.79 bits per heavy atom. The average Bonchev–Trinajstić information content (AvgIpc) is 3.39. The fraction of sp³-hybridized carbons (Fsp3) is 0.333. The van der Waals surface area contributed by atoms with Crippen LogP contribution in [0.5, 0.6) is 0 Å². The Morgan fingerprint density at radius 2 is 2.04 bits per heavy atom. The summed E-state index contributed by atoms with van der Waals surface area (Å²) in [5, 5.41) is 3.97. The quantitative estimate of drug-likeness (QED) is 0.681. The molecule has 2 aromatic heterocycles. The van der Waals surface area contributed by atoms with Gasteiger partial charge in [0.15, 0.2) is 9.84 Å². The largest absolute Gasteiger partial charge is 0.297 e. The number of sulfone groups is 1. The number of fused-ring (bicyclic) bond motifs is 3. The van der Waals surface area contributed by atoms with Gasteiger partial charge in [0.25, 0.3) is 0 Å². The van der Waals surface area contributed by atoms with E-state index in [1.165, 1.54) is 0 Å². The Balaban J connectivity index is 1.45. The van der Waals surface area contributed by atoms with E-state index in [1.54, 1.807) is 12.3 Å². The number of pyridine rings is 1. The summed E-state index contributed by atoms with van der Waals surface area (Å²) >= 11 is 0. The maximum Gasteiger partial charge on any atom is 0.183 e. The third kappa shape index (κ3) is 2.77. The van der Waals surface area contributed by atoms with Crippen molar-refractivity contribution >= 4 is 9.84 Å². The van der Waals surface area contributed by atoms with Gasteiger partial charge in [-0.3, -0.25) is 14.6 Å². The van der Waals surface area contributed by atoms with Crippen molar-refractivity contribution in [2.75, 3.05) is 13.1 Å². The lowest BCUT2D eigenvalue weighted by molar-refractivity contribution is 0.325. The first-order chi connectivity index (χ1) is 13.6. The van der Waals surface area contributed by atoms with Gasteiger partial charge in [-0.05, 0) is 41.8 Å². The average molecular weight is 395 g/mol. The van der Waals surface area contributed by atoms with E-state index < -0.39 is 9.84 Å². The highest BCUT2D eigenvalue weighted by Gasteiger charge is 2.50. The minimum atomic E-state index is -3.28. The second-order valence-electron chi connectivity index (χ2n) is 7.58. The second kappa shape index (κ2) is 6.53. The zero-order valence-electron chi connectivity index (χ0n) is 15.7. The third-order valence-electron chi connectivity index (χ3n) is 5.87. The number of benzene rings is 1. The van der Waals surface area contributed by atoms with Gasteiger partial charge < -0.3 is 0 Å². The maximum absolute atomic E-state index is 13.1. The van der Waals surface area contributed by atoms with Crippen LogP contribution in [0.25, 0.3) is 11.1 Å². The van der Waals surface area contributed by atoms with Crippen LogP contribution in [0.15, 0.2) is 60.0 Å². The molecule has 1 fully saturated rings. The third-order valence-corrected chi connectivity index (χ3v) is 8.13. The lowest BCUT2D eigenvalue weighted by Crippen LogP contribution is -2.25. The molecule has 5 rings (SSSR count). The summed E-state index contributed by atoms with van der Waals surface area (Å²) in [7, 11) is -3.28. The van der Waals surface area contributed by atoms with Crippen molar-refractivity contribution in [1.29, 1.82) is 0 Å². The molecule has 144 valence electrons. The van der Waals surface area contributed by atoms with Crippen LogP contribution in [0.2, 0.25) is 0 Å². The molecule has 3 aromatic rings. The number of aryl methyl sites for hydroxylation is 1. The van der Waals surface area contributed by atoms with E-state index in [0.717, 1.165) is 41.9 Å². The van der Waals surface area contributed by atoms with Gasteiger partial charge >= 0.3 is 0 Å². The lowest BCUT2D eigenvalue weighted by Gasteiger charge is -2.16. The Morgan fingerprint density at radius 1 is 1.14 bits per heavy atom. The van der Waals surface area contributed by atoms with Crippen molar-refractivity contribution < 1.29 is 8.42 Å². The predicted molar refractivity (Wildman–Crippen MR) is 107 cm³/mol. The second-order valence-corrected chi connectivity index (χ2v) is 9.72. The van der Waals surface area contributed by atoms with E-state index in [0.29, 0.717) is 11.4 Å². The maximum atomic E-state index is 13.1. The van der Waals surface area contributed by atoms with Crippen molar-refractivity contribution in [3.63, 3.8) is 0 Å². The highest BCUT2D eigenvalue weighted by Crippen LogP contribution is 2.46. The molecule has 0 spiro atoms. The van der Waals surface area contributed by atoms with Crippen molar-refractivity contribution in [3.05, 3.63) is 66.2 Å². The lowest BCUT2D eigenvalue weighted by atomic mass is 9.95. The summed E-state index contributed by atoms with van der Waals surface area (Å²) in [6.07, 6.45) is 7.47. The summed E-state index contributed by atoms with van der Waals surface area (Å²) in [6, 6.07) is 9.62. The Labute approximate surface area is 164 Å². The molecular weight excluding hydrogens is 372 g/mol. The van der Waals surface area contributed by atoms with Crippen LogP contribution >= 0.6 is 0 Å². The molecule has 7 heteroatoms. The first kappa shape index (κ1) is 17.6. The summed E-state index contributed by atoms with van der Waals surface area (Å²) in [6.45, 7) is 4.95. The molecule has 0 amide bonds. The van der Waals surface area contributed by atoms with Gasteiger partial charge in [0, 0.05) is 56.3 Å². The predicted octanol–water partition coefficient (Wildman–Crippen LogP) is 2.72. The molecular formula is C21H22N4O2S. The van der Waals surface area contributed by atoms with Gasteiger partial charge in [0.05, 0.1) is 16.3 Å². The number of hydrogen-bond donors (Lipinski definition) is 0. The Bertz CT molecular complexity index is 1120. The van der Waals surface area contributed by atoms with Crippen molar-refractivity contribution in [1.82, 2.24) is 19.7 Å². The van der Waals surface area contributed by atoms with E-state index >= 15 is 0 Å². The zero-order chi connectivity index (χ0) is 19.3. The number of rotatable bonds is 4. The number of hydrogen-bond acceptors (Lipinski definition) is 5. The molecule has 0 radical (unpaired) electrons. The zero-order valence-corrected chi connectivity index (χ0v) is 16.5. The fourth-order valence-corrected chi connectivity index (χ4v) is 6.68. The Hall–Kier alpha value is -2.51. The van der Waals surface area contributed by atoms with Gasteiger partial charge in [-0.25, -0.2) is 8.42 Å². The fourth-order valence-electron chi connectivity index (χ4n) is 4.49. The van der Waals surface area contributed by atoms with Crippen molar-refractivity contribution in [2.45, 2.75) is 36.1 Å². The summed E-state index contributed by atoms with van der Waals surface area (Å²) in [5.41, 5.74) is 4.11. The van der Waals surface area contributed by atoms with E-state index in [2.05, 4.69) is 21.9 Å². The van der Waals surface area contributed by atoms with Gasteiger partial charge in [0.1, 0.15) is 0 Å². The van der Waals surface area contributed by atoms with Crippen LogP contribution in [-0.2, 0) is 22.9 Å². The molecule has 6 nitrogen and oxygen atoms in total. The van der Waals surface area contributed by atoms with Crippen LogP contribution in [0.1, 0.15) is 24.0 Å². The highest BCUT2D eigenvalue weighted by molar-refractivity contribution is 7.92. The highest BCUT2D eigenvalue weighted by atomic mass is 32.2. The normalized spacial score (nSPS) is 22.9. The van der Waals surface area contributed by atoms with Crippen molar-refractivity contribution in [2.24, 2.45) is 0 Å². The first-order valence-corrected chi connectivity index (χ1v) is 11.1. The molecule has 28 heavy (non-hydrogen) atoms. The minimum absolute atomic E-state index is 0.0258. The molecule has 1 saturated heterocycles. The van der Waals surface area contributed by atoms with Gasteiger partial charge in [-0.2, -0.15) is 5.10 Å². The molecule has 0 bridgehead atoms. The van der Waals surface area contributed by atoms with Gasteiger partial charge in [0.2, 0.25) is 0 Å². The monoisotopic (exact) mass is 394 g/mol. The standard InChI is InChI=1S/C21H22N4O2S/c1-2-25-12-15(9-23-25)11-24-13-19-18-8-16(17-4-3-7-22-10-17)5-6-20(18)28(26,27)21(19)14-24/h3-10,12,19,21H,2,11,13-14H2,1H3/t19-,21-/m1/s1. The van der Waals surface area contributed by atoms with Crippen LogP contribution in [0, 0.1) is 0 Å². The van der Waals surface area contributed by atoms with E-state index in [-0.39, 0.29) is 11.2 Å². The number of nitrogens with zero attached hydrogens (tertiary/aromatic N) is 4. The van der Waals surface area contributed by atoms with Crippen LogP contribution in [0.3, 0.4) is 0 Å². The number of likely N-dealkylation sites (tertiary alicyclic amines) is 1. The van der Waals surface area contributed by atoms with Crippen molar-refractivity contribution in [3.8, 4) is 11.1 Å². The summed E-state index contributed by atoms with van der Waals surface area (Å²) in [5.74, 6) is 0.0258. The molecule has 0 N–H and O–H groups in total. The SMILES string of the molecule is CCn1cc(CN2C[C@@H]3c4cc(-c5cccnc5)ccc4S(=O)(=O)[C@@H]3C2)cn1. The van der Waals surface area contributed by atoms with E-state index in [9.17, 15) is 8.42 Å². The molecule has 1 aromatic carbocycles. The van der Waals surface area contributed by atoms with E-state index in [4.69, 9.17) is 0 Å². The topological polar surface area (TPSA) is 68.1 Å². The molecule has 0 aliphatic carbocycles. The molecule has 2 aliphatic rings. The molecule has 0 unspecified atom stereocenters. The van der Waals surface area contributed by atoms with Gasteiger partial charge in [-0.1, -0.05) is 12.1 Å². The molecule has 0 saturated carbocycles. The number of aromatic nitrogens is 3. The summed E-state index contributed by atoms with van der Waals surface area (Å²) < 4.78 is 28.1. The molecule has 2 atom stereocenters. The van der Waals surface area contributed by atoms with Gasteiger partial charge in [-0.15, -0.1) is 0 Å². The van der Waals surface area contributed by atoms with E-state index in [1.807, 2.05) is 47.5 Å².